The Kier molecular flexibility index (Phi) is 3.57. The number of ether oxygens (including phenoxy) is 1. The van der Waals surface area contributed by atoms with Gasteiger partial charge < -0.3 is 4.74 Å². The fourth-order valence-electron chi connectivity index (χ4n) is 1.03. The molecule has 15 heavy (non-hydrogen) atoms. The molecule has 0 aliphatic rings. The van der Waals surface area contributed by atoms with Crippen molar-refractivity contribution in [1.82, 2.24) is 0 Å². The second-order valence-corrected chi connectivity index (χ2v) is 2.98. The third-order valence-electron chi connectivity index (χ3n) is 1.72. The molecule has 0 bridgehead atoms. The van der Waals surface area contributed by atoms with Crippen LogP contribution in [0.4, 0.5) is 13.2 Å². The molecule has 0 amide bonds. The van der Waals surface area contributed by atoms with Crippen LogP contribution in [-0.2, 0) is 0 Å². The summed E-state index contributed by atoms with van der Waals surface area (Å²) in [6, 6.07) is 2.00. The molecule has 0 fully saturated rings. The molecule has 0 N–H and O–H groups in total. The van der Waals surface area contributed by atoms with E-state index in [-0.39, 0.29) is 5.75 Å². The molecular formula is C9H6ClF3O2. The summed E-state index contributed by atoms with van der Waals surface area (Å²) in [7, 11) is 1.23. The zero-order chi connectivity index (χ0) is 11.6. The van der Waals surface area contributed by atoms with Crippen LogP contribution >= 0.6 is 11.6 Å². The van der Waals surface area contributed by atoms with Crippen molar-refractivity contribution in [3.8, 4) is 5.75 Å². The highest BCUT2D eigenvalue weighted by Gasteiger charge is 2.26. The lowest BCUT2D eigenvalue weighted by molar-refractivity contribution is 0.0674. The molecule has 1 aromatic rings. The van der Waals surface area contributed by atoms with E-state index in [2.05, 4.69) is 4.74 Å². The molecule has 0 atom stereocenters. The number of hydrogen-bond acceptors (Lipinski definition) is 2. The van der Waals surface area contributed by atoms with Gasteiger partial charge in [-0.15, -0.1) is 0 Å². The zero-order valence-electron chi connectivity index (χ0n) is 7.56. The van der Waals surface area contributed by atoms with E-state index in [0.29, 0.717) is 0 Å². The number of methoxy groups -OCH3 is 1. The molecule has 0 spiro atoms. The van der Waals surface area contributed by atoms with E-state index in [4.69, 9.17) is 11.6 Å². The first kappa shape index (κ1) is 11.8. The number of ketones is 1. The summed E-state index contributed by atoms with van der Waals surface area (Å²) < 4.78 is 41.9. The summed E-state index contributed by atoms with van der Waals surface area (Å²) >= 11 is 5.53. The number of carbonyl (C=O) groups excluding carboxylic acids is 1. The Balaban J connectivity index is 3.33. The van der Waals surface area contributed by atoms with Crippen LogP contribution < -0.4 is 4.74 Å². The van der Waals surface area contributed by atoms with Gasteiger partial charge in [0.25, 0.3) is 0 Å². The van der Waals surface area contributed by atoms with Crippen molar-refractivity contribution in [2.45, 2.75) is 6.43 Å². The minimum absolute atomic E-state index is 0.0259. The van der Waals surface area contributed by atoms with E-state index in [1.807, 2.05) is 0 Å². The molecule has 0 heterocycles. The fourth-order valence-corrected chi connectivity index (χ4v) is 1.35. The maximum atomic E-state index is 13.1. The Morgan fingerprint density at radius 1 is 1.47 bits per heavy atom. The molecule has 0 aliphatic carbocycles. The Hall–Kier alpha value is -1.23. The van der Waals surface area contributed by atoms with Crippen LogP contribution in [0.5, 0.6) is 5.75 Å². The Labute approximate surface area is 88.6 Å². The van der Waals surface area contributed by atoms with Crippen LogP contribution in [0.1, 0.15) is 10.4 Å². The van der Waals surface area contributed by atoms with Crippen molar-refractivity contribution in [3.63, 3.8) is 0 Å². The van der Waals surface area contributed by atoms with Crippen molar-refractivity contribution in [1.29, 1.82) is 0 Å². The van der Waals surface area contributed by atoms with Crippen molar-refractivity contribution < 1.29 is 22.7 Å². The van der Waals surface area contributed by atoms with Gasteiger partial charge in [0.05, 0.1) is 17.7 Å². The van der Waals surface area contributed by atoms with Crippen molar-refractivity contribution in [2.24, 2.45) is 0 Å². The summed E-state index contributed by atoms with van der Waals surface area (Å²) in [5, 5.41) is -0.442. The highest BCUT2D eigenvalue weighted by atomic mass is 35.5. The second-order valence-electron chi connectivity index (χ2n) is 2.60. The first-order chi connectivity index (χ1) is 6.99. The van der Waals surface area contributed by atoms with Crippen LogP contribution in [0, 0.1) is 5.82 Å². The molecule has 0 saturated heterocycles. The third-order valence-corrected chi connectivity index (χ3v) is 2.10. The lowest BCUT2D eigenvalue weighted by Crippen LogP contribution is -2.13. The lowest BCUT2D eigenvalue weighted by Gasteiger charge is -2.08. The Morgan fingerprint density at radius 2 is 2.07 bits per heavy atom. The van der Waals surface area contributed by atoms with Crippen LogP contribution in [-0.4, -0.2) is 19.3 Å². The van der Waals surface area contributed by atoms with Gasteiger partial charge in [-0.25, -0.2) is 13.2 Å². The zero-order valence-corrected chi connectivity index (χ0v) is 8.32. The predicted molar refractivity (Wildman–Crippen MR) is 48.3 cm³/mol. The van der Waals surface area contributed by atoms with Crippen molar-refractivity contribution >= 4 is 17.4 Å². The van der Waals surface area contributed by atoms with Gasteiger partial charge in [-0.1, -0.05) is 11.6 Å². The van der Waals surface area contributed by atoms with E-state index in [1.54, 1.807) is 0 Å². The molecule has 0 unspecified atom stereocenters. The Morgan fingerprint density at radius 3 is 2.53 bits per heavy atom. The van der Waals surface area contributed by atoms with Gasteiger partial charge in [-0.3, -0.25) is 4.79 Å². The molecule has 82 valence electrons. The van der Waals surface area contributed by atoms with Gasteiger partial charge in [0.15, 0.2) is 0 Å². The van der Waals surface area contributed by atoms with E-state index < -0.39 is 28.6 Å². The molecular weight excluding hydrogens is 233 g/mol. The minimum Gasteiger partial charge on any atom is -0.495 e. The summed E-state index contributed by atoms with van der Waals surface area (Å²) in [5.41, 5.74) is -0.842. The maximum Gasteiger partial charge on any atom is 0.300 e. The third kappa shape index (κ3) is 2.23. The standard InChI is InChI=1S/C9H6ClF3O2/c1-15-5-3-2-4(11)6(7(5)10)8(14)9(12)13/h2-3,9H,1H3. The van der Waals surface area contributed by atoms with Crippen LogP contribution in [0.2, 0.25) is 5.02 Å². The number of benzene rings is 1. The number of carbonyl (C=O) groups is 1. The van der Waals surface area contributed by atoms with Gasteiger partial charge in [0.2, 0.25) is 5.78 Å². The van der Waals surface area contributed by atoms with E-state index in [1.165, 1.54) is 7.11 Å². The first-order valence-corrected chi connectivity index (χ1v) is 4.21. The highest BCUT2D eigenvalue weighted by Crippen LogP contribution is 2.31. The number of rotatable bonds is 3. The average molecular weight is 239 g/mol. The topological polar surface area (TPSA) is 26.3 Å². The number of hydrogen-bond donors (Lipinski definition) is 0. The van der Waals surface area contributed by atoms with E-state index >= 15 is 0 Å². The van der Waals surface area contributed by atoms with Crippen LogP contribution in [0.3, 0.4) is 0 Å². The van der Waals surface area contributed by atoms with Crippen LogP contribution in [0.25, 0.3) is 0 Å². The van der Waals surface area contributed by atoms with Gasteiger partial charge in [-0.2, -0.15) is 0 Å². The normalized spacial score (nSPS) is 10.5. The Bertz CT molecular complexity index is 393. The van der Waals surface area contributed by atoms with Crippen LogP contribution in [0.15, 0.2) is 12.1 Å². The molecule has 2 nitrogen and oxygen atoms in total. The molecule has 0 aromatic heterocycles. The highest BCUT2D eigenvalue weighted by molar-refractivity contribution is 6.35. The largest absolute Gasteiger partial charge is 0.495 e. The summed E-state index contributed by atoms with van der Waals surface area (Å²) in [6.07, 6.45) is -3.30. The van der Waals surface area contributed by atoms with E-state index in [9.17, 15) is 18.0 Å². The van der Waals surface area contributed by atoms with Crippen molar-refractivity contribution in [2.75, 3.05) is 7.11 Å². The summed E-state index contributed by atoms with van der Waals surface area (Å²) in [5.74, 6) is -2.77. The smallest absolute Gasteiger partial charge is 0.300 e. The molecule has 0 radical (unpaired) electrons. The average Bonchev–Trinajstić information content (AvgIpc) is 2.17. The lowest BCUT2D eigenvalue weighted by atomic mass is 10.1. The summed E-state index contributed by atoms with van der Waals surface area (Å²) in [6.45, 7) is 0. The first-order valence-electron chi connectivity index (χ1n) is 3.83. The fraction of sp³-hybridized carbons (Fsp3) is 0.222. The quantitative estimate of drug-likeness (QED) is 0.757. The number of halogens is 4. The van der Waals surface area contributed by atoms with Gasteiger partial charge in [-0.05, 0) is 12.1 Å². The summed E-state index contributed by atoms with van der Waals surface area (Å²) in [4.78, 5) is 10.9. The monoisotopic (exact) mass is 238 g/mol. The minimum atomic E-state index is -3.30. The number of Topliss-reactive ketones (excluding diaryl/α,β-unsaturated/α-hetero) is 1. The van der Waals surface area contributed by atoms with E-state index in [0.717, 1.165) is 12.1 Å². The molecule has 0 saturated carbocycles. The van der Waals surface area contributed by atoms with Gasteiger partial charge in [0.1, 0.15) is 11.6 Å². The van der Waals surface area contributed by atoms with Crippen molar-refractivity contribution in [3.05, 3.63) is 28.5 Å². The maximum absolute atomic E-state index is 13.1. The SMILES string of the molecule is COc1ccc(F)c(C(=O)C(F)F)c1Cl. The number of alkyl halides is 2. The molecule has 0 aliphatic heterocycles. The van der Waals surface area contributed by atoms with Gasteiger partial charge >= 0.3 is 6.43 Å². The predicted octanol–water partition coefficient (Wildman–Crippen LogP) is 2.94. The second kappa shape index (κ2) is 4.53. The molecule has 6 heteroatoms. The molecule has 1 aromatic carbocycles. The van der Waals surface area contributed by atoms with Gasteiger partial charge in [0, 0.05) is 0 Å². The molecule has 1 rings (SSSR count).